The van der Waals surface area contributed by atoms with Crippen LogP contribution in [0.3, 0.4) is 0 Å². The number of hydrogen-bond acceptors (Lipinski definition) is 7. The van der Waals surface area contributed by atoms with Gasteiger partial charge in [-0.3, -0.25) is 0 Å². The molecule has 0 saturated heterocycles. The SMILES string of the molecule is CSCC[C@H](NC(=O)OCc1ccccc1)C(=O)Oc1cc2oc(=O)cc(C)c2cc1Cl. The molecule has 168 valence electrons. The van der Waals surface area contributed by atoms with Crippen LogP contribution in [0.25, 0.3) is 11.0 Å². The standard InChI is InChI=1S/C23H22ClNO6S/c1-14-10-21(26)30-19-12-20(17(24)11-16(14)19)31-22(27)18(8-9-32-2)25-23(28)29-13-15-6-4-3-5-7-15/h3-7,10-12,18H,8-9,13H2,1-2H3,(H,25,28)/t18-/m0/s1. The maximum Gasteiger partial charge on any atom is 0.408 e. The van der Waals surface area contributed by atoms with E-state index >= 15 is 0 Å². The van der Waals surface area contributed by atoms with Crippen LogP contribution >= 0.6 is 23.4 Å². The van der Waals surface area contributed by atoms with Gasteiger partial charge in [-0.05, 0) is 42.5 Å². The van der Waals surface area contributed by atoms with Gasteiger partial charge >= 0.3 is 17.7 Å². The van der Waals surface area contributed by atoms with Crippen molar-refractivity contribution >= 4 is 46.4 Å². The first-order chi connectivity index (χ1) is 15.4. The maximum absolute atomic E-state index is 12.8. The van der Waals surface area contributed by atoms with E-state index in [2.05, 4.69) is 5.32 Å². The number of halogens is 1. The van der Waals surface area contributed by atoms with E-state index in [1.807, 2.05) is 36.6 Å². The fourth-order valence-corrected chi connectivity index (χ4v) is 3.64. The number of carbonyl (C=O) groups is 2. The first-order valence-corrected chi connectivity index (χ1v) is 11.6. The quantitative estimate of drug-likeness (QED) is 0.286. The van der Waals surface area contributed by atoms with E-state index < -0.39 is 23.7 Å². The van der Waals surface area contributed by atoms with Crippen LogP contribution in [0.2, 0.25) is 5.02 Å². The van der Waals surface area contributed by atoms with Crippen LogP contribution in [-0.4, -0.2) is 30.1 Å². The van der Waals surface area contributed by atoms with E-state index in [-0.39, 0.29) is 23.0 Å². The average Bonchev–Trinajstić information content (AvgIpc) is 2.77. The van der Waals surface area contributed by atoms with Gasteiger partial charge in [-0.15, -0.1) is 0 Å². The van der Waals surface area contributed by atoms with Crippen LogP contribution < -0.4 is 15.7 Å². The Morgan fingerprint density at radius 1 is 1.19 bits per heavy atom. The zero-order valence-corrected chi connectivity index (χ0v) is 19.1. The Kier molecular flexibility index (Phi) is 8.19. The van der Waals surface area contributed by atoms with Gasteiger partial charge in [-0.2, -0.15) is 11.8 Å². The molecule has 1 amide bonds. The monoisotopic (exact) mass is 475 g/mol. The molecule has 7 nitrogen and oxygen atoms in total. The largest absolute Gasteiger partial charge is 0.445 e. The van der Waals surface area contributed by atoms with E-state index in [4.69, 9.17) is 25.5 Å². The smallest absolute Gasteiger partial charge is 0.408 e. The van der Waals surface area contributed by atoms with Crippen molar-refractivity contribution < 1.29 is 23.5 Å². The van der Waals surface area contributed by atoms with Crippen molar-refractivity contribution in [1.29, 1.82) is 0 Å². The minimum absolute atomic E-state index is 0.0338. The number of benzene rings is 2. The Balaban J connectivity index is 1.72. The molecule has 3 aromatic rings. The van der Waals surface area contributed by atoms with Gasteiger partial charge in [0.25, 0.3) is 0 Å². The number of amides is 1. The fourth-order valence-electron chi connectivity index (χ4n) is 2.97. The summed E-state index contributed by atoms with van der Waals surface area (Å²) in [5.74, 6) is -0.0587. The Labute approximate surface area is 194 Å². The number of esters is 1. The highest BCUT2D eigenvalue weighted by molar-refractivity contribution is 7.98. The first kappa shape index (κ1) is 23.7. The van der Waals surface area contributed by atoms with Gasteiger partial charge < -0.3 is 19.2 Å². The highest BCUT2D eigenvalue weighted by Gasteiger charge is 2.24. The van der Waals surface area contributed by atoms with Gasteiger partial charge in [0.05, 0.1) is 5.02 Å². The van der Waals surface area contributed by atoms with Crippen molar-refractivity contribution in [3.63, 3.8) is 0 Å². The van der Waals surface area contributed by atoms with E-state index in [1.165, 1.54) is 23.9 Å². The molecule has 1 atom stereocenters. The van der Waals surface area contributed by atoms with Crippen molar-refractivity contribution in [2.45, 2.75) is 26.0 Å². The molecule has 3 rings (SSSR count). The lowest BCUT2D eigenvalue weighted by atomic mass is 10.1. The molecule has 0 fully saturated rings. The van der Waals surface area contributed by atoms with Gasteiger partial charge in [0.2, 0.25) is 0 Å². The number of carbonyl (C=O) groups excluding carboxylic acids is 2. The van der Waals surface area contributed by atoms with Gasteiger partial charge in [-0.1, -0.05) is 41.9 Å². The summed E-state index contributed by atoms with van der Waals surface area (Å²) in [4.78, 5) is 36.7. The number of hydrogen-bond donors (Lipinski definition) is 1. The van der Waals surface area contributed by atoms with Crippen molar-refractivity contribution in [3.8, 4) is 5.75 Å². The molecule has 32 heavy (non-hydrogen) atoms. The highest BCUT2D eigenvalue weighted by atomic mass is 35.5. The third-order valence-corrected chi connectivity index (χ3v) is 5.55. The van der Waals surface area contributed by atoms with Crippen LogP contribution in [0.4, 0.5) is 4.79 Å². The lowest BCUT2D eigenvalue weighted by Gasteiger charge is -2.18. The molecule has 0 aliphatic carbocycles. The lowest BCUT2D eigenvalue weighted by molar-refractivity contribution is -0.136. The molecule has 1 aromatic heterocycles. The lowest BCUT2D eigenvalue weighted by Crippen LogP contribution is -2.43. The summed E-state index contributed by atoms with van der Waals surface area (Å²) >= 11 is 7.80. The average molecular weight is 476 g/mol. The molecule has 0 unspecified atom stereocenters. The van der Waals surface area contributed by atoms with Crippen molar-refractivity contribution in [2.24, 2.45) is 0 Å². The third-order valence-electron chi connectivity index (χ3n) is 4.61. The number of fused-ring (bicyclic) bond motifs is 1. The minimum atomic E-state index is -0.943. The molecule has 0 aliphatic rings. The predicted molar refractivity (Wildman–Crippen MR) is 124 cm³/mol. The second-order valence-electron chi connectivity index (χ2n) is 6.99. The van der Waals surface area contributed by atoms with Gasteiger partial charge in [0.1, 0.15) is 18.2 Å². The molecule has 1 N–H and O–H groups in total. The zero-order chi connectivity index (χ0) is 23.1. The van der Waals surface area contributed by atoms with Crippen molar-refractivity contribution in [3.05, 3.63) is 75.1 Å². The maximum atomic E-state index is 12.8. The number of rotatable bonds is 8. The van der Waals surface area contributed by atoms with Gasteiger partial charge in [0, 0.05) is 17.5 Å². The summed E-state index contributed by atoms with van der Waals surface area (Å²) < 4.78 is 15.8. The number of thioether (sulfide) groups is 1. The molecular weight excluding hydrogens is 454 g/mol. The van der Waals surface area contributed by atoms with Crippen LogP contribution in [0.5, 0.6) is 5.75 Å². The molecule has 1 heterocycles. The molecule has 0 saturated carbocycles. The Bertz CT molecular complexity index is 1160. The summed E-state index contributed by atoms with van der Waals surface area (Å²) in [6.07, 6.45) is 1.49. The first-order valence-electron chi connectivity index (χ1n) is 9.79. The number of aryl methyl sites for hydroxylation is 1. The number of alkyl carbamates (subject to hydrolysis) is 1. The molecule has 0 radical (unpaired) electrons. The summed E-state index contributed by atoms with van der Waals surface area (Å²) in [6, 6.07) is 12.6. The predicted octanol–water partition coefficient (Wildman–Crippen LogP) is 4.71. The van der Waals surface area contributed by atoms with Gasteiger partial charge in [0.15, 0.2) is 5.75 Å². The molecule has 2 aromatic carbocycles. The second-order valence-corrected chi connectivity index (χ2v) is 8.38. The van der Waals surface area contributed by atoms with E-state index in [0.717, 1.165) is 5.56 Å². The van der Waals surface area contributed by atoms with E-state index in [9.17, 15) is 14.4 Å². The highest BCUT2D eigenvalue weighted by Crippen LogP contribution is 2.31. The Hall–Kier alpha value is -2.97. The summed E-state index contributed by atoms with van der Waals surface area (Å²) in [5.41, 5.74) is 1.25. The summed E-state index contributed by atoms with van der Waals surface area (Å²) in [7, 11) is 0. The molecular formula is C23H22ClNO6S. The van der Waals surface area contributed by atoms with Crippen molar-refractivity contribution in [1.82, 2.24) is 5.32 Å². The number of ether oxygens (including phenoxy) is 2. The Morgan fingerprint density at radius 3 is 2.66 bits per heavy atom. The Morgan fingerprint density at radius 2 is 1.94 bits per heavy atom. The molecule has 9 heteroatoms. The van der Waals surface area contributed by atoms with Crippen LogP contribution in [-0.2, 0) is 16.1 Å². The molecule has 0 bridgehead atoms. The summed E-state index contributed by atoms with van der Waals surface area (Å²) in [6.45, 7) is 1.83. The number of nitrogens with one attached hydrogen (secondary N) is 1. The van der Waals surface area contributed by atoms with Gasteiger partial charge in [-0.25, -0.2) is 14.4 Å². The topological polar surface area (TPSA) is 94.8 Å². The zero-order valence-electron chi connectivity index (χ0n) is 17.6. The van der Waals surface area contributed by atoms with E-state index in [0.29, 0.717) is 23.1 Å². The normalized spacial score (nSPS) is 11.7. The van der Waals surface area contributed by atoms with Crippen LogP contribution in [0.15, 0.2) is 57.7 Å². The third kappa shape index (κ3) is 6.27. The van der Waals surface area contributed by atoms with E-state index in [1.54, 1.807) is 13.0 Å². The molecule has 0 aliphatic heterocycles. The second kappa shape index (κ2) is 11.1. The summed E-state index contributed by atoms with van der Waals surface area (Å²) in [5, 5.41) is 3.37. The fraction of sp³-hybridized carbons (Fsp3) is 0.261. The van der Waals surface area contributed by atoms with Crippen LogP contribution in [0, 0.1) is 6.92 Å². The molecule has 0 spiro atoms. The van der Waals surface area contributed by atoms with Crippen molar-refractivity contribution in [2.75, 3.05) is 12.0 Å². The minimum Gasteiger partial charge on any atom is -0.445 e. The van der Waals surface area contributed by atoms with Crippen LogP contribution in [0.1, 0.15) is 17.5 Å².